The average molecular weight is 429 g/mol. The van der Waals surface area contributed by atoms with Gasteiger partial charge in [-0.3, -0.25) is 5.32 Å². The number of fused-ring (bicyclic) bond motifs is 1. The fraction of sp³-hybridized carbons (Fsp3) is 0.278. The Kier molecular flexibility index (Phi) is 4.81. The molecule has 4 rings (SSSR count). The molecule has 1 aliphatic rings. The summed E-state index contributed by atoms with van der Waals surface area (Å²) in [5.41, 5.74) is -0.326. The molecule has 0 atom stereocenters. The molecular weight excluding hydrogens is 416 g/mol. The van der Waals surface area contributed by atoms with Crippen LogP contribution >= 0.6 is 11.6 Å². The highest BCUT2D eigenvalue weighted by Gasteiger charge is 2.31. The van der Waals surface area contributed by atoms with E-state index in [2.05, 4.69) is 15.4 Å². The standard InChI is InChI=1S/C18H13ClF4N4O2/c19-14-7-15(27-16(26-14)13(8-24-27)9-2-1-3-9)29-17(28)25-12-5-10(18(21,22)23)4-11(20)6-12/h4-9H,1-3H2,(H,25,28). The summed E-state index contributed by atoms with van der Waals surface area (Å²) in [4.78, 5) is 16.4. The van der Waals surface area contributed by atoms with Crippen molar-refractivity contribution in [2.75, 3.05) is 5.32 Å². The summed E-state index contributed by atoms with van der Waals surface area (Å²) in [5.74, 6) is -0.926. The van der Waals surface area contributed by atoms with Gasteiger partial charge in [0.15, 0.2) is 5.65 Å². The number of hydrogen-bond acceptors (Lipinski definition) is 4. The first-order valence-corrected chi connectivity index (χ1v) is 8.99. The normalized spacial score (nSPS) is 14.7. The molecule has 2 heterocycles. The summed E-state index contributed by atoms with van der Waals surface area (Å²) in [7, 11) is 0. The van der Waals surface area contributed by atoms with Crippen molar-refractivity contribution < 1.29 is 27.1 Å². The molecule has 1 aliphatic carbocycles. The molecule has 3 aromatic rings. The second-order valence-electron chi connectivity index (χ2n) is 6.62. The van der Waals surface area contributed by atoms with Crippen molar-refractivity contribution in [3.8, 4) is 5.88 Å². The van der Waals surface area contributed by atoms with E-state index in [0.717, 1.165) is 30.9 Å². The van der Waals surface area contributed by atoms with Crippen LogP contribution in [-0.2, 0) is 6.18 Å². The fourth-order valence-corrected chi connectivity index (χ4v) is 3.24. The molecule has 6 nitrogen and oxygen atoms in total. The number of rotatable bonds is 3. The number of nitrogens with one attached hydrogen (secondary N) is 1. The van der Waals surface area contributed by atoms with Gasteiger partial charge in [-0.15, -0.1) is 0 Å². The number of amides is 1. The average Bonchev–Trinajstić information content (AvgIpc) is 2.95. The number of carbonyl (C=O) groups excluding carboxylic acids is 1. The van der Waals surface area contributed by atoms with Crippen molar-refractivity contribution in [3.05, 3.63) is 52.6 Å². The van der Waals surface area contributed by atoms with Crippen LogP contribution in [-0.4, -0.2) is 20.7 Å². The summed E-state index contributed by atoms with van der Waals surface area (Å²) in [6.07, 6.45) is -1.19. The largest absolute Gasteiger partial charge is 0.418 e. The van der Waals surface area contributed by atoms with Gasteiger partial charge in [0, 0.05) is 17.3 Å². The van der Waals surface area contributed by atoms with Crippen LogP contribution in [0.1, 0.15) is 36.3 Å². The Balaban J connectivity index is 1.58. The van der Waals surface area contributed by atoms with Gasteiger partial charge in [-0.05, 0) is 37.0 Å². The van der Waals surface area contributed by atoms with E-state index in [1.165, 1.54) is 10.6 Å². The molecule has 0 aliphatic heterocycles. The molecule has 0 spiro atoms. The van der Waals surface area contributed by atoms with Crippen LogP contribution in [0.4, 0.5) is 28.0 Å². The van der Waals surface area contributed by atoms with E-state index in [1.54, 1.807) is 6.20 Å². The van der Waals surface area contributed by atoms with Gasteiger partial charge in [-0.25, -0.2) is 14.2 Å². The number of alkyl halides is 3. The maximum Gasteiger partial charge on any atom is 0.418 e. The monoisotopic (exact) mass is 428 g/mol. The van der Waals surface area contributed by atoms with Crippen molar-refractivity contribution in [3.63, 3.8) is 0 Å². The second-order valence-corrected chi connectivity index (χ2v) is 7.01. The molecule has 11 heteroatoms. The molecule has 0 bridgehead atoms. The van der Waals surface area contributed by atoms with E-state index in [0.29, 0.717) is 23.7 Å². The highest BCUT2D eigenvalue weighted by atomic mass is 35.5. The molecule has 29 heavy (non-hydrogen) atoms. The highest BCUT2D eigenvalue weighted by Crippen LogP contribution is 2.38. The maximum atomic E-state index is 13.5. The maximum absolute atomic E-state index is 13.5. The topological polar surface area (TPSA) is 68.5 Å². The van der Waals surface area contributed by atoms with Crippen molar-refractivity contribution in [2.24, 2.45) is 0 Å². The van der Waals surface area contributed by atoms with Gasteiger partial charge in [-0.1, -0.05) is 18.0 Å². The molecule has 0 unspecified atom stereocenters. The number of aromatic nitrogens is 3. The third-order valence-corrected chi connectivity index (χ3v) is 4.84. The van der Waals surface area contributed by atoms with Gasteiger partial charge in [0.05, 0.1) is 11.8 Å². The van der Waals surface area contributed by atoms with Crippen LogP contribution in [0.5, 0.6) is 5.88 Å². The molecule has 152 valence electrons. The first-order valence-electron chi connectivity index (χ1n) is 8.61. The number of benzene rings is 1. The summed E-state index contributed by atoms with van der Waals surface area (Å²) in [5, 5.41) is 6.30. The lowest BCUT2D eigenvalue weighted by Gasteiger charge is -2.24. The number of ether oxygens (including phenoxy) is 1. The minimum Gasteiger partial charge on any atom is -0.391 e. The quantitative estimate of drug-likeness (QED) is 0.447. The lowest BCUT2D eigenvalue weighted by atomic mass is 9.81. The first-order chi connectivity index (χ1) is 13.7. The minimum absolute atomic E-state index is 0.0616. The van der Waals surface area contributed by atoms with Crippen molar-refractivity contribution >= 4 is 29.0 Å². The number of hydrogen-bond donors (Lipinski definition) is 1. The van der Waals surface area contributed by atoms with E-state index in [1.807, 2.05) is 0 Å². The summed E-state index contributed by atoms with van der Waals surface area (Å²) < 4.78 is 58.3. The lowest BCUT2D eigenvalue weighted by Crippen LogP contribution is -2.19. The summed E-state index contributed by atoms with van der Waals surface area (Å²) in [6, 6.07) is 2.92. The minimum atomic E-state index is -4.76. The molecule has 1 aromatic carbocycles. The van der Waals surface area contributed by atoms with Gasteiger partial charge >= 0.3 is 12.3 Å². The Hall–Kier alpha value is -2.88. The SMILES string of the molecule is O=C(Nc1cc(F)cc(C(F)(F)F)c1)Oc1cc(Cl)nc2c(C3CCC3)cnn12. The lowest BCUT2D eigenvalue weighted by molar-refractivity contribution is -0.137. The third-order valence-electron chi connectivity index (χ3n) is 4.65. The van der Waals surface area contributed by atoms with E-state index in [9.17, 15) is 22.4 Å². The van der Waals surface area contributed by atoms with Crippen molar-refractivity contribution in [1.29, 1.82) is 0 Å². The Morgan fingerprint density at radius 1 is 1.24 bits per heavy atom. The zero-order chi connectivity index (χ0) is 20.8. The van der Waals surface area contributed by atoms with Crippen LogP contribution in [0.15, 0.2) is 30.5 Å². The van der Waals surface area contributed by atoms with Crippen LogP contribution in [0.2, 0.25) is 5.15 Å². The molecule has 0 radical (unpaired) electrons. The molecule has 0 saturated heterocycles. The summed E-state index contributed by atoms with van der Waals surface area (Å²) in [6.45, 7) is 0. The number of halogens is 5. The van der Waals surface area contributed by atoms with Gasteiger partial charge < -0.3 is 4.74 Å². The zero-order valence-electron chi connectivity index (χ0n) is 14.6. The van der Waals surface area contributed by atoms with Crippen molar-refractivity contribution in [1.82, 2.24) is 14.6 Å². The van der Waals surface area contributed by atoms with Crippen LogP contribution in [0.3, 0.4) is 0 Å². The Morgan fingerprint density at radius 3 is 2.66 bits per heavy atom. The number of carbonyl (C=O) groups is 1. The predicted molar refractivity (Wildman–Crippen MR) is 95.6 cm³/mol. The molecule has 1 fully saturated rings. The Bertz CT molecular complexity index is 1100. The number of anilines is 1. The molecule has 1 saturated carbocycles. The molecule has 2 aromatic heterocycles. The Morgan fingerprint density at radius 2 is 2.00 bits per heavy atom. The highest BCUT2D eigenvalue weighted by molar-refractivity contribution is 6.29. The second kappa shape index (κ2) is 7.18. The van der Waals surface area contributed by atoms with Gasteiger partial charge in [-0.2, -0.15) is 22.8 Å². The van der Waals surface area contributed by atoms with Crippen LogP contribution in [0.25, 0.3) is 5.65 Å². The predicted octanol–water partition coefficient (Wildman–Crippen LogP) is 5.42. The zero-order valence-corrected chi connectivity index (χ0v) is 15.4. The van der Waals surface area contributed by atoms with Gasteiger partial charge in [0.25, 0.3) is 0 Å². The first kappa shape index (κ1) is 19.4. The smallest absolute Gasteiger partial charge is 0.391 e. The van der Waals surface area contributed by atoms with E-state index in [-0.39, 0.29) is 11.0 Å². The number of nitrogens with zero attached hydrogens (tertiary/aromatic N) is 3. The van der Waals surface area contributed by atoms with E-state index < -0.39 is 29.3 Å². The van der Waals surface area contributed by atoms with Gasteiger partial charge in [0.1, 0.15) is 11.0 Å². The fourth-order valence-electron chi connectivity index (χ4n) is 3.07. The molecule has 1 amide bonds. The van der Waals surface area contributed by atoms with E-state index in [4.69, 9.17) is 16.3 Å². The Labute approximate surface area is 166 Å². The third kappa shape index (κ3) is 3.98. The van der Waals surface area contributed by atoms with E-state index >= 15 is 0 Å². The molecular formula is C18H13ClF4N4O2. The molecule has 1 N–H and O–H groups in total. The summed E-state index contributed by atoms with van der Waals surface area (Å²) >= 11 is 6.02. The van der Waals surface area contributed by atoms with Crippen LogP contribution in [0, 0.1) is 5.82 Å². The van der Waals surface area contributed by atoms with Crippen LogP contribution < -0.4 is 10.1 Å². The van der Waals surface area contributed by atoms with Gasteiger partial charge in [0.2, 0.25) is 5.88 Å². The van der Waals surface area contributed by atoms with Crippen molar-refractivity contribution in [2.45, 2.75) is 31.4 Å².